The lowest BCUT2D eigenvalue weighted by Crippen LogP contribution is -1.11. The van der Waals surface area contributed by atoms with Crippen LogP contribution in [-0.4, -0.2) is 0 Å². The summed E-state index contributed by atoms with van der Waals surface area (Å²) >= 11 is 9.75. The second kappa shape index (κ2) is 18.4. The van der Waals surface area contributed by atoms with Crippen LogP contribution < -0.4 is 0 Å². The van der Waals surface area contributed by atoms with Crippen molar-refractivity contribution in [3.63, 3.8) is 0 Å². The van der Waals surface area contributed by atoms with E-state index in [9.17, 15) is 0 Å². The Hall–Kier alpha value is 0.320. The van der Waals surface area contributed by atoms with E-state index in [1.54, 1.807) is 0 Å². The highest BCUT2D eigenvalue weighted by Crippen LogP contribution is 1.78. The molecule has 2 heteroatoms. The molecule has 0 saturated heterocycles. The molecule has 0 unspecified atom stereocenters. The first-order chi connectivity index (χ1) is 2.91. The molecule has 0 spiro atoms. The highest BCUT2D eigenvalue weighted by Gasteiger charge is 1.40. The first-order valence-corrected chi connectivity index (χ1v) is 2.64. The average Bonchev–Trinajstić information content (AvgIpc) is 1.72. The van der Waals surface area contributed by atoms with Crippen molar-refractivity contribution >= 4 is 23.2 Å². The maximum absolute atomic E-state index is 4.87. The van der Waals surface area contributed by atoms with Crippen LogP contribution >= 0.6 is 23.2 Å². The predicted molar refractivity (Wildman–Crippen MR) is 32.2 cm³/mol. The number of rotatable bonds is 0. The lowest BCUT2D eigenvalue weighted by molar-refractivity contribution is 1.50. The maximum Gasteiger partial charge on any atom is 0.0156 e. The molecule has 0 atom stereocenters. The van der Waals surface area contributed by atoms with Gasteiger partial charge in [-0.2, -0.15) is 0 Å². The molecule has 0 fully saturated rings. The molecule has 0 aliphatic heterocycles. The Bertz CT molecular complexity index is 20.7. The summed E-state index contributed by atoms with van der Waals surface area (Å²) in [6, 6.07) is 0. The lowest BCUT2D eigenvalue weighted by atomic mass is 11.0. The Morgan fingerprint density at radius 1 is 1.00 bits per heavy atom. The molecular formula is C4H8Cl2. The van der Waals surface area contributed by atoms with Gasteiger partial charge in [0.25, 0.3) is 0 Å². The molecular weight excluding hydrogens is 119 g/mol. The van der Waals surface area contributed by atoms with Gasteiger partial charge in [0, 0.05) is 11.1 Å². The fourth-order valence-electron chi connectivity index (χ4n) is 0. The van der Waals surface area contributed by atoms with Gasteiger partial charge in [-0.05, 0) is 0 Å². The molecule has 0 aromatic rings. The highest BCUT2D eigenvalue weighted by molar-refractivity contribution is 6.33. The van der Waals surface area contributed by atoms with Gasteiger partial charge in [0.15, 0.2) is 0 Å². The molecule has 0 N–H and O–H groups in total. The first kappa shape index (κ1) is 9.58. The molecule has 0 rings (SSSR count). The summed E-state index contributed by atoms with van der Waals surface area (Å²) in [5, 5.41) is 0. The fourth-order valence-corrected chi connectivity index (χ4v) is 0. The summed E-state index contributed by atoms with van der Waals surface area (Å²) in [5.41, 5.74) is 2.48. The smallest absolute Gasteiger partial charge is 0.0156 e. The Labute approximate surface area is 48.8 Å². The Morgan fingerprint density at radius 3 is 1.17 bits per heavy atom. The normalized spacial score (nSPS) is 7.33. The van der Waals surface area contributed by atoms with Crippen molar-refractivity contribution in [2.45, 2.75) is 13.8 Å². The van der Waals surface area contributed by atoms with Crippen molar-refractivity contribution in [1.29, 1.82) is 0 Å². The predicted octanol–water partition coefficient (Wildman–Crippen LogP) is 2.96. The zero-order valence-corrected chi connectivity index (χ0v) is 5.42. The summed E-state index contributed by atoms with van der Waals surface area (Å²) in [6.45, 7) is 4.00. The van der Waals surface area contributed by atoms with Crippen LogP contribution in [0.3, 0.4) is 0 Å². The molecule has 0 radical (unpaired) electrons. The maximum atomic E-state index is 4.87. The van der Waals surface area contributed by atoms with Gasteiger partial charge in [0.05, 0.1) is 0 Å². The summed E-state index contributed by atoms with van der Waals surface area (Å²) in [5.74, 6) is 0. The Kier molecular flexibility index (Phi) is 29.5. The third-order valence-electron chi connectivity index (χ3n) is 0.0476. The summed E-state index contributed by atoms with van der Waals surface area (Å²) in [4.78, 5) is 0. The molecule has 0 heterocycles. The van der Waals surface area contributed by atoms with E-state index in [2.05, 4.69) is 0 Å². The second-order valence-corrected chi connectivity index (χ2v) is 0.756. The van der Waals surface area contributed by atoms with E-state index in [1.807, 2.05) is 13.8 Å². The molecule has 38 valence electrons. The van der Waals surface area contributed by atoms with Gasteiger partial charge in [0.2, 0.25) is 0 Å². The van der Waals surface area contributed by atoms with Gasteiger partial charge >= 0.3 is 0 Å². The van der Waals surface area contributed by atoms with Gasteiger partial charge in [-0.1, -0.05) is 37.0 Å². The van der Waals surface area contributed by atoms with Crippen molar-refractivity contribution in [3.05, 3.63) is 11.1 Å². The zero-order valence-electron chi connectivity index (χ0n) is 3.91. The van der Waals surface area contributed by atoms with Crippen molar-refractivity contribution in [3.8, 4) is 0 Å². The van der Waals surface area contributed by atoms with Crippen molar-refractivity contribution in [1.82, 2.24) is 0 Å². The standard InChI is InChI=1S/C2H2Cl2.C2H6/c3-1-2-4;1-2/h1-2H;1-2H3. The largest absolute Gasteiger partial charge is 0.0920 e. The quantitative estimate of drug-likeness (QED) is 0.469. The molecule has 0 aromatic carbocycles. The van der Waals surface area contributed by atoms with Crippen LogP contribution in [0.2, 0.25) is 0 Å². The van der Waals surface area contributed by atoms with E-state index in [1.165, 1.54) is 11.1 Å². The van der Waals surface area contributed by atoms with Crippen LogP contribution in [0.4, 0.5) is 0 Å². The molecule has 0 aliphatic carbocycles. The van der Waals surface area contributed by atoms with Gasteiger partial charge in [-0.25, -0.2) is 0 Å². The number of hydrogen-bond donors (Lipinski definition) is 0. The molecule has 0 aliphatic rings. The third-order valence-corrected chi connectivity index (χ3v) is 0.429. The van der Waals surface area contributed by atoms with Crippen LogP contribution in [0, 0.1) is 0 Å². The van der Waals surface area contributed by atoms with Crippen LogP contribution in [0.25, 0.3) is 0 Å². The van der Waals surface area contributed by atoms with E-state index >= 15 is 0 Å². The second-order valence-electron chi connectivity index (χ2n) is 0.252. The summed E-state index contributed by atoms with van der Waals surface area (Å²) < 4.78 is 0. The summed E-state index contributed by atoms with van der Waals surface area (Å²) in [6.07, 6.45) is 0. The zero-order chi connectivity index (χ0) is 5.41. The van der Waals surface area contributed by atoms with Crippen LogP contribution in [0.15, 0.2) is 11.1 Å². The topological polar surface area (TPSA) is 0 Å². The molecule has 6 heavy (non-hydrogen) atoms. The van der Waals surface area contributed by atoms with Gasteiger partial charge < -0.3 is 0 Å². The fraction of sp³-hybridized carbons (Fsp3) is 0.500. The third kappa shape index (κ3) is 27.3. The minimum atomic E-state index is 1.24. The highest BCUT2D eigenvalue weighted by atomic mass is 35.5. The minimum absolute atomic E-state index is 1.24. The monoisotopic (exact) mass is 126 g/mol. The Balaban J connectivity index is 0. The number of hydrogen-bond acceptors (Lipinski definition) is 0. The first-order valence-electron chi connectivity index (χ1n) is 1.77. The van der Waals surface area contributed by atoms with Crippen molar-refractivity contribution in [2.24, 2.45) is 0 Å². The van der Waals surface area contributed by atoms with E-state index < -0.39 is 0 Å². The van der Waals surface area contributed by atoms with Crippen LogP contribution in [0.1, 0.15) is 13.8 Å². The van der Waals surface area contributed by atoms with E-state index in [0.717, 1.165) is 0 Å². The lowest BCUT2D eigenvalue weighted by Gasteiger charge is -1.44. The van der Waals surface area contributed by atoms with Crippen molar-refractivity contribution in [2.75, 3.05) is 0 Å². The average molecular weight is 127 g/mol. The van der Waals surface area contributed by atoms with Crippen LogP contribution in [-0.2, 0) is 0 Å². The molecule has 0 amide bonds. The van der Waals surface area contributed by atoms with E-state index in [4.69, 9.17) is 23.2 Å². The Morgan fingerprint density at radius 2 is 1.17 bits per heavy atom. The molecule has 0 saturated carbocycles. The van der Waals surface area contributed by atoms with Gasteiger partial charge in [-0.15, -0.1) is 0 Å². The SMILES string of the molecule is CC.ClC=CCl. The van der Waals surface area contributed by atoms with Gasteiger partial charge in [0.1, 0.15) is 0 Å². The van der Waals surface area contributed by atoms with E-state index in [-0.39, 0.29) is 0 Å². The number of halogens is 2. The van der Waals surface area contributed by atoms with Gasteiger partial charge in [-0.3, -0.25) is 0 Å². The van der Waals surface area contributed by atoms with Crippen molar-refractivity contribution < 1.29 is 0 Å². The van der Waals surface area contributed by atoms with E-state index in [0.29, 0.717) is 0 Å². The molecule has 0 aromatic heterocycles. The molecule has 0 nitrogen and oxygen atoms in total. The molecule has 0 bridgehead atoms. The summed E-state index contributed by atoms with van der Waals surface area (Å²) in [7, 11) is 0. The van der Waals surface area contributed by atoms with Crippen LogP contribution in [0.5, 0.6) is 0 Å². The minimum Gasteiger partial charge on any atom is -0.0920 e.